The monoisotopic (exact) mass is 266 g/mol. The summed E-state index contributed by atoms with van der Waals surface area (Å²) in [5.41, 5.74) is 0.427. The molecular weight excluding hydrogens is 247 g/mol. The highest BCUT2D eigenvalue weighted by Crippen LogP contribution is 2.39. The van der Waals surface area contributed by atoms with E-state index in [1.54, 1.807) is 13.0 Å². The van der Waals surface area contributed by atoms with Gasteiger partial charge in [-0.2, -0.15) is 0 Å². The molecule has 0 heterocycles. The van der Waals surface area contributed by atoms with E-state index in [0.29, 0.717) is 17.2 Å². The number of carbonyl (C=O) groups is 1. The summed E-state index contributed by atoms with van der Waals surface area (Å²) in [6.07, 6.45) is 2.04. The Kier molecular flexibility index (Phi) is 3.75. The fourth-order valence-electron chi connectivity index (χ4n) is 2.14. The van der Waals surface area contributed by atoms with Crippen molar-refractivity contribution >= 4 is 11.7 Å². The molecule has 1 aliphatic rings. The van der Waals surface area contributed by atoms with Crippen molar-refractivity contribution in [2.75, 3.05) is 11.9 Å². The second-order valence-corrected chi connectivity index (χ2v) is 5.39. The molecule has 0 saturated heterocycles. The number of nitrogens with one attached hydrogen (secondary N) is 2. The molecule has 1 unspecified atom stereocenters. The second-order valence-electron chi connectivity index (χ2n) is 5.39. The number of rotatable bonds is 4. The predicted molar refractivity (Wildman–Crippen MR) is 71.5 cm³/mol. The minimum absolute atomic E-state index is 0.0897. The number of aliphatic hydroxyl groups excluding tert-OH is 1. The van der Waals surface area contributed by atoms with Crippen LogP contribution < -0.4 is 10.6 Å². The number of aryl methyl sites for hydroxylation is 1. The van der Waals surface area contributed by atoms with Crippen LogP contribution in [0.15, 0.2) is 18.2 Å². The van der Waals surface area contributed by atoms with E-state index in [0.717, 1.165) is 12.8 Å². The number of benzene rings is 1. The van der Waals surface area contributed by atoms with Gasteiger partial charge in [0.15, 0.2) is 0 Å². The first-order chi connectivity index (χ1) is 8.94. The minimum atomic E-state index is -0.584. The highest BCUT2D eigenvalue weighted by atomic mass is 19.1. The molecular formula is C14H19FN2O2. The topological polar surface area (TPSA) is 61.4 Å². The Balaban J connectivity index is 1.98. The Morgan fingerprint density at radius 3 is 2.74 bits per heavy atom. The van der Waals surface area contributed by atoms with Crippen LogP contribution >= 0.6 is 0 Å². The van der Waals surface area contributed by atoms with E-state index in [1.165, 1.54) is 12.1 Å². The third-order valence-corrected chi connectivity index (χ3v) is 3.62. The largest absolute Gasteiger partial charge is 0.394 e. The summed E-state index contributed by atoms with van der Waals surface area (Å²) in [6.45, 7) is 3.38. The lowest BCUT2D eigenvalue weighted by atomic mass is 9.97. The van der Waals surface area contributed by atoms with Crippen LogP contribution in [0.4, 0.5) is 14.9 Å². The van der Waals surface area contributed by atoms with Crippen molar-refractivity contribution in [3.05, 3.63) is 29.6 Å². The lowest BCUT2D eigenvalue weighted by Gasteiger charge is -2.28. The first-order valence-electron chi connectivity index (χ1n) is 6.41. The minimum Gasteiger partial charge on any atom is -0.394 e. The van der Waals surface area contributed by atoms with Gasteiger partial charge < -0.3 is 15.7 Å². The molecule has 19 heavy (non-hydrogen) atoms. The SMILES string of the molecule is Cc1cc(NC(=O)NC(C)(CO)C2CC2)ccc1F. The molecule has 0 aromatic heterocycles. The maximum atomic E-state index is 13.1. The maximum absolute atomic E-state index is 13.1. The zero-order valence-corrected chi connectivity index (χ0v) is 11.2. The number of hydrogen-bond donors (Lipinski definition) is 3. The van der Waals surface area contributed by atoms with E-state index < -0.39 is 5.54 Å². The number of halogens is 1. The zero-order chi connectivity index (χ0) is 14.0. The average molecular weight is 266 g/mol. The Labute approximate surface area is 112 Å². The van der Waals surface area contributed by atoms with Crippen molar-refractivity contribution in [2.24, 2.45) is 5.92 Å². The van der Waals surface area contributed by atoms with Gasteiger partial charge in [0.05, 0.1) is 12.1 Å². The highest BCUT2D eigenvalue weighted by Gasteiger charge is 2.42. The van der Waals surface area contributed by atoms with E-state index in [1.807, 2.05) is 6.92 Å². The molecule has 1 aromatic rings. The number of urea groups is 1. The third-order valence-electron chi connectivity index (χ3n) is 3.62. The van der Waals surface area contributed by atoms with Gasteiger partial charge in [-0.15, -0.1) is 0 Å². The highest BCUT2D eigenvalue weighted by molar-refractivity contribution is 5.89. The Hall–Kier alpha value is -1.62. The van der Waals surface area contributed by atoms with E-state index in [2.05, 4.69) is 10.6 Å². The lowest BCUT2D eigenvalue weighted by molar-refractivity contribution is 0.159. The summed E-state index contributed by atoms with van der Waals surface area (Å²) in [5.74, 6) is 0.0299. The third kappa shape index (κ3) is 3.23. The molecule has 1 aliphatic carbocycles. The van der Waals surface area contributed by atoms with E-state index in [9.17, 15) is 14.3 Å². The number of amides is 2. The molecule has 104 valence electrons. The Morgan fingerprint density at radius 2 is 2.21 bits per heavy atom. The predicted octanol–water partition coefficient (Wildman–Crippen LogP) is 2.42. The van der Waals surface area contributed by atoms with Gasteiger partial charge in [-0.1, -0.05) is 0 Å². The van der Waals surface area contributed by atoms with Crippen LogP contribution in [0.2, 0.25) is 0 Å². The molecule has 2 rings (SSSR count). The molecule has 0 spiro atoms. The van der Waals surface area contributed by atoms with Gasteiger partial charge in [-0.25, -0.2) is 9.18 Å². The van der Waals surface area contributed by atoms with Gasteiger partial charge in [0, 0.05) is 5.69 Å². The van der Waals surface area contributed by atoms with Crippen LogP contribution in [0.1, 0.15) is 25.3 Å². The van der Waals surface area contributed by atoms with Gasteiger partial charge in [-0.05, 0) is 56.4 Å². The summed E-state index contributed by atoms with van der Waals surface area (Å²) in [4.78, 5) is 11.9. The molecule has 5 heteroatoms. The van der Waals surface area contributed by atoms with Crippen LogP contribution in [0.3, 0.4) is 0 Å². The molecule has 1 aromatic carbocycles. The van der Waals surface area contributed by atoms with Crippen molar-refractivity contribution in [3.63, 3.8) is 0 Å². The summed E-state index contributed by atoms with van der Waals surface area (Å²) >= 11 is 0. The van der Waals surface area contributed by atoms with Crippen molar-refractivity contribution in [1.29, 1.82) is 0 Å². The molecule has 0 radical (unpaired) electrons. The Morgan fingerprint density at radius 1 is 1.53 bits per heavy atom. The summed E-state index contributed by atoms with van der Waals surface area (Å²) in [6, 6.07) is 4.02. The van der Waals surface area contributed by atoms with Crippen molar-refractivity contribution < 1.29 is 14.3 Å². The van der Waals surface area contributed by atoms with E-state index in [-0.39, 0.29) is 18.5 Å². The first kappa shape index (κ1) is 13.8. The van der Waals surface area contributed by atoms with Crippen LogP contribution in [0.25, 0.3) is 0 Å². The molecule has 3 N–H and O–H groups in total. The molecule has 0 bridgehead atoms. The molecule has 1 atom stereocenters. The molecule has 1 saturated carbocycles. The standard InChI is InChI=1S/C14H19FN2O2/c1-9-7-11(5-6-12(9)15)16-13(19)17-14(2,8-18)10-3-4-10/h5-7,10,18H,3-4,8H2,1-2H3,(H2,16,17,19). The lowest BCUT2D eigenvalue weighted by Crippen LogP contribution is -2.52. The smallest absolute Gasteiger partial charge is 0.319 e. The fraction of sp³-hybridized carbons (Fsp3) is 0.500. The summed E-state index contributed by atoms with van der Waals surface area (Å²) in [5, 5.41) is 14.8. The Bertz CT molecular complexity index is 488. The summed E-state index contributed by atoms with van der Waals surface area (Å²) in [7, 11) is 0. The van der Waals surface area contributed by atoms with Crippen LogP contribution in [0.5, 0.6) is 0 Å². The number of anilines is 1. The van der Waals surface area contributed by atoms with E-state index >= 15 is 0 Å². The van der Waals surface area contributed by atoms with Crippen molar-refractivity contribution in [1.82, 2.24) is 5.32 Å². The number of hydrogen-bond acceptors (Lipinski definition) is 2. The molecule has 4 nitrogen and oxygen atoms in total. The molecule has 2 amide bonds. The maximum Gasteiger partial charge on any atom is 0.319 e. The summed E-state index contributed by atoms with van der Waals surface area (Å²) < 4.78 is 13.1. The van der Waals surface area contributed by atoms with Crippen molar-refractivity contribution in [3.8, 4) is 0 Å². The molecule has 0 aliphatic heterocycles. The van der Waals surface area contributed by atoms with Gasteiger partial charge in [-0.3, -0.25) is 0 Å². The van der Waals surface area contributed by atoms with Gasteiger partial charge in [0.25, 0.3) is 0 Å². The van der Waals surface area contributed by atoms with E-state index in [4.69, 9.17) is 0 Å². The van der Waals surface area contributed by atoms with Crippen LogP contribution in [0, 0.1) is 18.7 Å². The first-order valence-corrected chi connectivity index (χ1v) is 6.41. The van der Waals surface area contributed by atoms with Crippen molar-refractivity contribution in [2.45, 2.75) is 32.2 Å². The number of aliphatic hydroxyl groups is 1. The number of carbonyl (C=O) groups excluding carboxylic acids is 1. The fourth-order valence-corrected chi connectivity index (χ4v) is 2.14. The van der Waals surface area contributed by atoms with Gasteiger partial charge in [0.2, 0.25) is 0 Å². The zero-order valence-electron chi connectivity index (χ0n) is 11.2. The quantitative estimate of drug-likeness (QED) is 0.783. The molecule has 1 fully saturated rings. The van der Waals surface area contributed by atoms with Gasteiger partial charge in [0.1, 0.15) is 5.82 Å². The second kappa shape index (κ2) is 5.17. The average Bonchev–Trinajstić information content (AvgIpc) is 3.18. The van der Waals surface area contributed by atoms with Crippen LogP contribution in [-0.2, 0) is 0 Å². The van der Waals surface area contributed by atoms with Gasteiger partial charge >= 0.3 is 6.03 Å². The van der Waals surface area contributed by atoms with Crippen LogP contribution in [-0.4, -0.2) is 23.3 Å². The normalized spacial score (nSPS) is 17.7.